The van der Waals surface area contributed by atoms with Gasteiger partial charge in [0.25, 0.3) is 5.91 Å². The summed E-state index contributed by atoms with van der Waals surface area (Å²) in [4.78, 5) is 30.4. The first-order valence-corrected chi connectivity index (χ1v) is 6.78. The van der Waals surface area contributed by atoms with Crippen LogP contribution < -0.4 is 10.2 Å². The summed E-state index contributed by atoms with van der Waals surface area (Å²) >= 11 is 0. The van der Waals surface area contributed by atoms with Crippen molar-refractivity contribution in [1.82, 2.24) is 4.98 Å². The fourth-order valence-corrected chi connectivity index (χ4v) is 2.36. The Bertz CT molecular complexity index is 685. The number of fused-ring (bicyclic) bond motifs is 1. The fraction of sp³-hybridized carbons (Fsp3) is 0.188. The van der Waals surface area contributed by atoms with Crippen LogP contribution in [0.5, 0.6) is 0 Å². The zero-order valence-corrected chi connectivity index (χ0v) is 11.6. The quantitative estimate of drug-likeness (QED) is 0.872. The topological polar surface area (TPSA) is 62.3 Å². The molecule has 106 valence electrons. The first kappa shape index (κ1) is 13.3. The minimum Gasteiger partial charge on any atom is -0.324 e. The minimum atomic E-state index is -0.280. The van der Waals surface area contributed by atoms with E-state index in [9.17, 15) is 9.59 Å². The molecular formula is C16H15N3O2. The largest absolute Gasteiger partial charge is 0.324 e. The second-order valence-corrected chi connectivity index (χ2v) is 5.06. The predicted octanol–water partition coefficient (Wildman–Crippen LogP) is 2.32. The van der Waals surface area contributed by atoms with Crippen molar-refractivity contribution in [3.05, 3.63) is 54.4 Å². The van der Waals surface area contributed by atoms with Gasteiger partial charge < -0.3 is 10.2 Å². The van der Waals surface area contributed by atoms with Gasteiger partial charge in [0.1, 0.15) is 0 Å². The number of carbonyl (C=O) groups excluding carboxylic acids is 2. The first-order valence-electron chi connectivity index (χ1n) is 6.78. The predicted molar refractivity (Wildman–Crippen MR) is 80.1 cm³/mol. The van der Waals surface area contributed by atoms with Crippen molar-refractivity contribution in [2.45, 2.75) is 6.92 Å². The summed E-state index contributed by atoms with van der Waals surface area (Å²) in [7, 11) is 0. The summed E-state index contributed by atoms with van der Waals surface area (Å²) in [6.45, 7) is 2.15. The molecule has 3 rings (SSSR count). The number of pyridine rings is 1. The lowest BCUT2D eigenvalue weighted by atomic mass is 10.1. The highest BCUT2D eigenvalue weighted by Gasteiger charge is 2.29. The van der Waals surface area contributed by atoms with E-state index in [1.54, 1.807) is 29.3 Å². The molecule has 2 heterocycles. The van der Waals surface area contributed by atoms with Gasteiger partial charge in [0.2, 0.25) is 5.91 Å². The molecule has 0 saturated carbocycles. The van der Waals surface area contributed by atoms with Gasteiger partial charge in [0.15, 0.2) is 0 Å². The molecule has 0 spiro atoms. The number of aromatic nitrogens is 1. The summed E-state index contributed by atoms with van der Waals surface area (Å²) in [5, 5.41) is 2.86. The number of nitrogens with zero attached hydrogens (tertiary/aromatic N) is 2. The molecule has 1 N–H and O–H groups in total. The van der Waals surface area contributed by atoms with E-state index in [0.29, 0.717) is 23.5 Å². The van der Waals surface area contributed by atoms with Crippen molar-refractivity contribution in [2.24, 2.45) is 5.92 Å². The number of nitrogens with one attached hydrogen (secondary N) is 1. The smallest absolute Gasteiger partial charge is 0.259 e. The highest BCUT2D eigenvalue weighted by molar-refractivity contribution is 6.10. The van der Waals surface area contributed by atoms with Gasteiger partial charge in [-0.2, -0.15) is 0 Å². The van der Waals surface area contributed by atoms with Crippen LogP contribution in [0.2, 0.25) is 0 Å². The van der Waals surface area contributed by atoms with E-state index in [1.807, 2.05) is 25.1 Å². The minimum absolute atomic E-state index is 0.0797. The van der Waals surface area contributed by atoms with Gasteiger partial charge >= 0.3 is 0 Å². The van der Waals surface area contributed by atoms with Crippen molar-refractivity contribution < 1.29 is 9.59 Å². The molecule has 1 aromatic heterocycles. The molecule has 5 nitrogen and oxygen atoms in total. The SMILES string of the molecule is CC1CN(C(=O)c2cccnc2)c2ccccc2NC1=O. The van der Waals surface area contributed by atoms with Crippen molar-refractivity contribution >= 4 is 23.2 Å². The second-order valence-electron chi connectivity index (χ2n) is 5.06. The van der Waals surface area contributed by atoms with Gasteiger partial charge in [-0.3, -0.25) is 14.6 Å². The lowest BCUT2D eigenvalue weighted by Gasteiger charge is -2.23. The van der Waals surface area contributed by atoms with Gasteiger partial charge in [-0.25, -0.2) is 0 Å². The Hall–Kier alpha value is -2.69. The van der Waals surface area contributed by atoms with Crippen molar-refractivity contribution in [1.29, 1.82) is 0 Å². The molecule has 0 bridgehead atoms. The Kier molecular flexibility index (Phi) is 3.39. The summed E-state index contributed by atoms with van der Waals surface area (Å²) in [6.07, 6.45) is 3.16. The zero-order chi connectivity index (χ0) is 14.8. The Balaban J connectivity index is 2.04. The van der Waals surface area contributed by atoms with Crippen LogP contribution in [0.3, 0.4) is 0 Å². The molecule has 2 amide bonds. The van der Waals surface area contributed by atoms with Gasteiger partial charge in [-0.1, -0.05) is 19.1 Å². The normalized spacial score (nSPS) is 17.7. The number of hydrogen-bond donors (Lipinski definition) is 1. The van der Waals surface area contributed by atoms with Crippen LogP contribution in [-0.4, -0.2) is 23.3 Å². The lowest BCUT2D eigenvalue weighted by molar-refractivity contribution is -0.119. The summed E-state index contributed by atoms with van der Waals surface area (Å²) in [6, 6.07) is 10.8. The molecule has 2 aromatic rings. The maximum atomic E-state index is 12.7. The lowest BCUT2D eigenvalue weighted by Crippen LogP contribution is -2.35. The third kappa shape index (κ3) is 2.50. The van der Waals surface area contributed by atoms with Gasteiger partial charge in [0, 0.05) is 18.9 Å². The number of anilines is 2. The van der Waals surface area contributed by atoms with Crippen molar-refractivity contribution in [2.75, 3.05) is 16.8 Å². The second kappa shape index (κ2) is 5.36. The number of hydrogen-bond acceptors (Lipinski definition) is 3. The molecule has 21 heavy (non-hydrogen) atoms. The Morgan fingerprint density at radius 2 is 2.10 bits per heavy atom. The van der Waals surface area contributed by atoms with Crippen molar-refractivity contribution in [3.8, 4) is 0 Å². The van der Waals surface area contributed by atoms with E-state index >= 15 is 0 Å². The highest BCUT2D eigenvalue weighted by Crippen LogP contribution is 2.30. The monoisotopic (exact) mass is 281 g/mol. The van der Waals surface area contributed by atoms with Gasteiger partial charge in [-0.05, 0) is 24.3 Å². The Morgan fingerprint density at radius 3 is 2.86 bits per heavy atom. The number of para-hydroxylation sites is 2. The molecule has 0 fully saturated rings. The van der Waals surface area contributed by atoms with Crippen LogP contribution >= 0.6 is 0 Å². The van der Waals surface area contributed by atoms with E-state index in [-0.39, 0.29) is 17.7 Å². The highest BCUT2D eigenvalue weighted by atomic mass is 16.2. The molecular weight excluding hydrogens is 266 g/mol. The summed E-state index contributed by atoms with van der Waals surface area (Å²) < 4.78 is 0. The van der Waals surface area contributed by atoms with Crippen LogP contribution in [0.25, 0.3) is 0 Å². The molecule has 1 unspecified atom stereocenters. The average molecular weight is 281 g/mol. The van der Waals surface area contributed by atoms with E-state index < -0.39 is 0 Å². The Labute approximate surface area is 122 Å². The maximum absolute atomic E-state index is 12.7. The summed E-state index contributed by atoms with van der Waals surface area (Å²) in [5.41, 5.74) is 1.88. The van der Waals surface area contributed by atoms with E-state index in [2.05, 4.69) is 10.3 Å². The maximum Gasteiger partial charge on any atom is 0.259 e. The van der Waals surface area contributed by atoms with Gasteiger partial charge in [-0.15, -0.1) is 0 Å². The zero-order valence-electron chi connectivity index (χ0n) is 11.6. The average Bonchev–Trinajstić information content (AvgIpc) is 2.65. The third-order valence-corrected chi connectivity index (χ3v) is 3.51. The first-order chi connectivity index (χ1) is 10.2. The van der Waals surface area contributed by atoms with Crippen LogP contribution in [0.1, 0.15) is 17.3 Å². The third-order valence-electron chi connectivity index (χ3n) is 3.51. The molecule has 1 atom stereocenters. The number of benzene rings is 1. The van der Waals surface area contributed by atoms with Crippen LogP contribution in [0, 0.1) is 5.92 Å². The van der Waals surface area contributed by atoms with E-state index in [0.717, 1.165) is 0 Å². The van der Waals surface area contributed by atoms with Crippen LogP contribution in [0.15, 0.2) is 48.8 Å². The van der Waals surface area contributed by atoms with Crippen molar-refractivity contribution in [3.63, 3.8) is 0 Å². The fourth-order valence-electron chi connectivity index (χ4n) is 2.36. The van der Waals surface area contributed by atoms with E-state index in [4.69, 9.17) is 0 Å². The molecule has 1 aliphatic heterocycles. The molecule has 5 heteroatoms. The molecule has 1 aromatic carbocycles. The number of rotatable bonds is 1. The van der Waals surface area contributed by atoms with Gasteiger partial charge in [0.05, 0.1) is 22.9 Å². The number of carbonyl (C=O) groups is 2. The van der Waals surface area contributed by atoms with Crippen LogP contribution in [-0.2, 0) is 4.79 Å². The molecule has 1 aliphatic rings. The standard InChI is InChI=1S/C16H15N3O2/c1-11-10-19(16(21)12-5-4-8-17-9-12)14-7-3-2-6-13(14)18-15(11)20/h2-9,11H,10H2,1H3,(H,18,20). The summed E-state index contributed by atoms with van der Waals surface area (Å²) in [5.74, 6) is -0.513. The molecule has 0 radical (unpaired) electrons. The number of amides is 2. The Morgan fingerprint density at radius 1 is 1.29 bits per heavy atom. The molecule has 0 saturated heterocycles. The molecule has 0 aliphatic carbocycles. The van der Waals surface area contributed by atoms with Crippen LogP contribution in [0.4, 0.5) is 11.4 Å². The van der Waals surface area contributed by atoms with E-state index in [1.165, 1.54) is 6.20 Å².